The van der Waals surface area contributed by atoms with E-state index in [9.17, 15) is 19.1 Å². The van der Waals surface area contributed by atoms with Gasteiger partial charge in [-0.25, -0.2) is 19.1 Å². The van der Waals surface area contributed by atoms with Gasteiger partial charge in [-0.3, -0.25) is 4.79 Å². The Bertz CT molecular complexity index is 1270. The SMILES string of the molecule is CO[C@H](C)C(c1ncc(-c2ccc(I)cc2F)[nH]1)N1C(=O)NC(c2ccc(OC[C@H](O)CO)cc2)C1=O. The number of ether oxygens (including phenoxy) is 2. The summed E-state index contributed by atoms with van der Waals surface area (Å²) in [5.74, 6) is -0.215. The molecule has 4 rings (SSSR count). The summed E-state index contributed by atoms with van der Waals surface area (Å²) in [6.07, 6.45) is -0.172. The molecule has 2 unspecified atom stereocenters. The van der Waals surface area contributed by atoms with E-state index in [1.165, 1.54) is 19.4 Å². The van der Waals surface area contributed by atoms with Gasteiger partial charge < -0.3 is 30.0 Å². The quantitative estimate of drug-likeness (QED) is 0.201. The van der Waals surface area contributed by atoms with Crippen LogP contribution in [0.25, 0.3) is 11.3 Å². The van der Waals surface area contributed by atoms with Gasteiger partial charge in [-0.1, -0.05) is 12.1 Å². The minimum atomic E-state index is -1.01. The van der Waals surface area contributed by atoms with Gasteiger partial charge in [0, 0.05) is 16.2 Å². The Morgan fingerprint density at radius 2 is 1.95 bits per heavy atom. The number of nitrogens with one attached hydrogen (secondary N) is 2. The molecule has 4 N–H and O–H groups in total. The van der Waals surface area contributed by atoms with Gasteiger partial charge in [0.25, 0.3) is 5.91 Å². The van der Waals surface area contributed by atoms with Gasteiger partial charge in [-0.05, 0) is 65.4 Å². The van der Waals surface area contributed by atoms with E-state index >= 15 is 0 Å². The molecular weight excluding hydrogens is 598 g/mol. The molecule has 0 radical (unpaired) electrons. The Morgan fingerprint density at radius 3 is 2.59 bits per heavy atom. The summed E-state index contributed by atoms with van der Waals surface area (Å²) in [5.41, 5.74) is 1.25. The summed E-state index contributed by atoms with van der Waals surface area (Å²) in [6, 6.07) is 8.80. The maximum Gasteiger partial charge on any atom is 0.325 e. The first-order chi connectivity index (χ1) is 17.7. The number of urea groups is 1. The van der Waals surface area contributed by atoms with Crippen molar-refractivity contribution in [3.05, 3.63) is 69.4 Å². The molecule has 1 aliphatic heterocycles. The minimum absolute atomic E-state index is 0.0868. The van der Waals surface area contributed by atoms with Gasteiger partial charge in [0.05, 0.1) is 24.6 Å². The van der Waals surface area contributed by atoms with E-state index < -0.39 is 48.7 Å². The predicted octanol–water partition coefficient (Wildman–Crippen LogP) is 2.92. The number of imide groups is 1. The fourth-order valence-corrected chi connectivity index (χ4v) is 4.45. The van der Waals surface area contributed by atoms with Gasteiger partial charge in [-0.15, -0.1) is 0 Å². The molecule has 196 valence electrons. The molecule has 4 atom stereocenters. The largest absolute Gasteiger partial charge is 0.491 e. The lowest BCUT2D eigenvalue weighted by Crippen LogP contribution is -2.41. The van der Waals surface area contributed by atoms with Crippen molar-refractivity contribution in [1.82, 2.24) is 20.2 Å². The molecular formula is C25H26FIN4O6. The van der Waals surface area contributed by atoms with Crippen LogP contribution in [-0.2, 0) is 9.53 Å². The molecule has 10 nitrogen and oxygen atoms in total. The predicted molar refractivity (Wildman–Crippen MR) is 139 cm³/mol. The van der Waals surface area contributed by atoms with Crippen LogP contribution in [0.3, 0.4) is 0 Å². The second-order valence-electron chi connectivity index (χ2n) is 8.50. The second-order valence-corrected chi connectivity index (χ2v) is 9.74. The van der Waals surface area contributed by atoms with Crippen LogP contribution in [0.4, 0.5) is 9.18 Å². The Balaban J connectivity index is 1.58. The average molecular weight is 624 g/mol. The topological polar surface area (TPSA) is 137 Å². The summed E-state index contributed by atoms with van der Waals surface area (Å²) in [6.45, 7) is 1.20. The molecule has 37 heavy (non-hydrogen) atoms. The Hall–Kier alpha value is -3.07. The van der Waals surface area contributed by atoms with E-state index in [2.05, 4.69) is 15.3 Å². The second kappa shape index (κ2) is 11.5. The number of methoxy groups -OCH3 is 1. The summed E-state index contributed by atoms with van der Waals surface area (Å²) < 4.78 is 26.1. The average Bonchev–Trinajstić information content (AvgIpc) is 3.48. The molecule has 2 heterocycles. The smallest absolute Gasteiger partial charge is 0.325 e. The zero-order valence-corrected chi connectivity index (χ0v) is 22.2. The van der Waals surface area contributed by atoms with E-state index in [0.29, 0.717) is 22.6 Å². The van der Waals surface area contributed by atoms with E-state index in [4.69, 9.17) is 14.6 Å². The number of H-pyrrole nitrogens is 1. The summed E-state index contributed by atoms with van der Waals surface area (Å²) in [5, 5.41) is 21.0. The first-order valence-electron chi connectivity index (χ1n) is 11.4. The number of rotatable bonds is 10. The Morgan fingerprint density at radius 1 is 1.22 bits per heavy atom. The van der Waals surface area contributed by atoms with Crippen molar-refractivity contribution in [2.75, 3.05) is 20.3 Å². The molecule has 0 spiro atoms. The van der Waals surface area contributed by atoms with E-state index in [0.717, 1.165) is 8.47 Å². The van der Waals surface area contributed by atoms with Crippen LogP contribution in [0.15, 0.2) is 48.7 Å². The monoisotopic (exact) mass is 624 g/mol. The zero-order valence-electron chi connectivity index (χ0n) is 20.0. The van der Waals surface area contributed by atoms with Gasteiger partial charge in [0.2, 0.25) is 0 Å². The third-order valence-corrected chi connectivity index (χ3v) is 6.70. The maximum absolute atomic E-state index is 14.5. The highest BCUT2D eigenvalue weighted by Gasteiger charge is 2.46. The van der Waals surface area contributed by atoms with Gasteiger partial charge in [-0.2, -0.15) is 0 Å². The number of nitrogens with zero attached hydrogens (tertiary/aromatic N) is 2. The van der Waals surface area contributed by atoms with Crippen LogP contribution in [-0.4, -0.2) is 69.6 Å². The Kier molecular flexibility index (Phi) is 8.42. The summed E-state index contributed by atoms with van der Waals surface area (Å²) in [4.78, 5) is 34.9. The molecule has 1 fully saturated rings. The Labute approximate surface area is 225 Å². The molecule has 3 amide bonds. The van der Waals surface area contributed by atoms with Crippen LogP contribution < -0.4 is 10.1 Å². The number of aliphatic hydroxyl groups is 2. The van der Waals surface area contributed by atoms with E-state index in [1.807, 2.05) is 22.6 Å². The van der Waals surface area contributed by atoms with Crippen molar-refractivity contribution >= 4 is 34.5 Å². The number of amides is 3. The van der Waals surface area contributed by atoms with Crippen LogP contribution in [0.1, 0.15) is 30.4 Å². The van der Waals surface area contributed by atoms with Crippen molar-refractivity contribution in [1.29, 1.82) is 0 Å². The number of carbonyl (C=O) groups excluding carboxylic acids is 2. The lowest BCUT2D eigenvalue weighted by Gasteiger charge is -2.28. The van der Waals surface area contributed by atoms with E-state index in [-0.39, 0.29) is 12.4 Å². The van der Waals surface area contributed by atoms with Gasteiger partial charge >= 0.3 is 6.03 Å². The third-order valence-electron chi connectivity index (χ3n) is 6.03. The van der Waals surface area contributed by atoms with Crippen molar-refractivity contribution in [2.45, 2.75) is 31.2 Å². The lowest BCUT2D eigenvalue weighted by molar-refractivity contribution is -0.131. The first-order valence-corrected chi connectivity index (χ1v) is 12.5. The van der Waals surface area contributed by atoms with Gasteiger partial charge in [0.15, 0.2) is 0 Å². The number of aromatic amines is 1. The maximum atomic E-state index is 14.5. The highest BCUT2D eigenvalue weighted by molar-refractivity contribution is 14.1. The number of aromatic nitrogens is 2. The van der Waals surface area contributed by atoms with Crippen LogP contribution in [0.2, 0.25) is 0 Å². The van der Waals surface area contributed by atoms with Crippen LogP contribution >= 0.6 is 22.6 Å². The van der Waals surface area contributed by atoms with Crippen LogP contribution in [0, 0.1) is 9.39 Å². The number of aliphatic hydroxyl groups excluding tert-OH is 2. The standard InChI is InChI=1S/C25H26FIN4O6/c1-13(36-2)22(23-28-10-20(29-23)18-8-5-15(27)9-19(18)26)31-24(34)21(30-25(31)35)14-3-6-17(7-4-14)37-12-16(33)11-32/h3-10,13,16,21-22,32-33H,11-12H2,1-2H3,(H,28,29)(H,30,35)/t13-,16-,21?,22?/m1/s1. The van der Waals surface area contributed by atoms with Crippen molar-refractivity contribution in [3.8, 4) is 17.0 Å². The minimum Gasteiger partial charge on any atom is -0.491 e. The molecule has 2 aromatic carbocycles. The zero-order chi connectivity index (χ0) is 26.7. The normalized spacial score (nSPS) is 18.0. The molecule has 0 aliphatic carbocycles. The molecule has 12 heteroatoms. The fraction of sp³-hybridized carbons (Fsp3) is 0.320. The highest BCUT2D eigenvalue weighted by Crippen LogP contribution is 2.34. The van der Waals surface area contributed by atoms with Crippen molar-refractivity contribution in [2.24, 2.45) is 0 Å². The number of hydrogen-bond donors (Lipinski definition) is 4. The van der Waals surface area contributed by atoms with Crippen LogP contribution in [0.5, 0.6) is 5.75 Å². The lowest BCUT2D eigenvalue weighted by atomic mass is 10.1. The van der Waals surface area contributed by atoms with Crippen molar-refractivity contribution in [3.63, 3.8) is 0 Å². The summed E-state index contributed by atoms with van der Waals surface area (Å²) in [7, 11) is 1.46. The number of hydrogen-bond acceptors (Lipinski definition) is 7. The molecule has 1 aromatic heterocycles. The van der Waals surface area contributed by atoms with Crippen molar-refractivity contribution < 1.29 is 33.7 Å². The first kappa shape index (κ1) is 27.0. The number of imidazole rings is 1. The third kappa shape index (κ3) is 5.76. The fourth-order valence-electron chi connectivity index (χ4n) is 4.00. The summed E-state index contributed by atoms with van der Waals surface area (Å²) >= 11 is 2.02. The molecule has 1 saturated heterocycles. The van der Waals surface area contributed by atoms with E-state index in [1.54, 1.807) is 43.3 Å². The molecule has 0 saturated carbocycles. The number of benzene rings is 2. The highest BCUT2D eigenvalue weighted by atomic mass is 127. The molecule has 0 bridgehead atoms. The number of halogens is 2. The number of carbonyl (C=O) groups is 2. The molecule has 1 aliphatic rings. The van der Waals surface area contributed by atoms with Gasteiger partial charge in [0.1, 0.15) is 42.2 Å². The molecule has 3 aromatic rings.